The van der Waals surface area contributed by atoms with Crippen molar-refractivity contribution in [1.82, 2.24) is 15.5 Å². The van der Waals surface area contributed by atoms with Crippen molar-refractivity contribution in [1.29, 1.82) is 0 Å². The van der Waals surface area contributed by atoms with Crippen LogP contribution in [0.4, 0.5) is 9.59 Å². The maximum absolute atomic E-state index is 12.3. The van der Waals surface area contributed by atoms with E-state index in [0.717, 1.165) is 49.8 Å². The first kappa shape index (κ1) is 25.9. The number of hydrogen-bond donors (Lipinski definition) is 2. The lowest BCUT2D eigenvalue weighted by atomic mass is 10.2. The van der Waals surface area contributed by atoms with Gasteiger partial charge in [-0.3, -0.25) is 0 Å². The molecule has 0 fully saturated rings. The molecule has 2 N–H and O–H groups in total. The van der Waals surface area contributed by atoms with Crippen LogP contribution in [0.3, 0.4) is 0 Å². The first-order valence-electron chi connectivity index (χ1n) is 9.61. The summed E-state index contributed by atoms with van der Waals surface area (Å²) in [5.74, 6) is 0. The number of nitrogens with one attached hydrogen (secondary N) is 2. The van der Waals surface area contributed by atoms with Gasteiger partial charge >= 0.3 is 12.1 Å². The quantitative estimate of drug-likeness (QED) is 0.227. The Bertz CT molecular complexity index is 622. The average Bonchev–Trinajstić information content (AvgIpc) is 2.72. The molecule has 0 bridgehead atoms. The Kier molecular flexibility index (Phi) is 17.5. The van der Waals surface area contributed by atoms with Gasteiger partial charge in [0.2, 0.25) is 18.2 Å². The van der Waals surface area contributed by atoms with E-state index >= 15 is 0 Å². The molecule has 0 aliphatic rings. The van der Waals surface area contributed by atoms with E-state index in [-0.39, 0.29) is 13.2 Å². The Balaban J connectivity index is 4.30. The summed E-state index contributed by atoms with van der Waals surface area (Å²) in [6, 6.07) is -1.16. The van der Waals surface area contributed by atoms with Gasteiger partial charge in [0.1, 0.15) is 6.67 Å². The van der Waals surface area contributed by atoms with Gasteiger partial charge < -0.3 is 10.6 Å². The molecule has 160 valence electrons. The van der Waals surface area contributed by atoms with E-state index in [1.807, 2.05) is 0 Å². The summed E-state index contributed by atoms with van der Waals surface area (Å²) < 4.78 is 0. The minimum atomic E-state index is -0.640. The number of aliphatic imine (C=N–C) groups is 3. The third-order valence-electron chi connectivity index (χ3n) is 3.87. The fourth-order valence-corrected chi connectivity index (χ4v) is 2.40. The molecule has 0 heterocycles. The van der Waals surface area contributed by atoms with Crippen LogP contribution in [0.2, 0.25) is 0 Å². The van der Waals surface area contributed by atoms with Crippen LogP contribution < -0.4 is 10.6 Å². The number of amides is 4. The molecule has 0 saturated carbocycles. The highest BCUT2D eigenvalue weighted by Crippen LogP contribution is 2.04. The van der Waals surface area contributed by atoms with E-state index in [4.69, 9.17) is 0 Å². The molecule has 0 aromatic carbocycles. The number of carbonyl (C=O) groups excluding carboxylic acids is 5. The van der Waals surface area contributed by atoms with Crippen LogP contribution in [0.15, 0.2) is 15.0 Å². The molecule has 0 aliphatic carbocycles. The van der Waals surface area contributed by atoms with Crippen molar-refractivity contribution >= 4 is 30.3 Å². The Morgan fingerprint density at radius 3 is 1.76 bits per heavy atom. The second kappa shape index (κ2) is 19.6. The van der Waals surface area contributed by atoms with E-state index in [9.17, 15) is 24.0 Å². The minimum Gasteiger partial charge on any atom is -0.338 e. The fourth-order valence-electron chi connectivity index (χ4n) is 2.40. The molecular weight excluding hydrogens is 380 g/mol. The molecule has 0 aromatic heterocycles. The Morgan fingerprint density at radius 2 is 1.17 bits per heavy atom. The monoisotopic (exact) mass is 408 g/mol. The van der Waals surface area contributed by atoms with Crippen molar-refractivity contribution in [3.8, 4) is 0 Å². The highest BCUT2D eigenvalue weighted by Gasteiger charge is 2.20. The van der Waals surface area contributed by atoms with Gasteiger partial charge in [-0.05, 0) is 25.7 Å². The molecule has 29 heavy (non-hydrogen) atoms. The molecule has 0 rings (SSSR count). The average molecular weight is 408 g/mol. The van der Waals surface area contributed by atoms with E-state index in [1.54, 1.807) is 0 Å². The van der Waals surface area contributed by atoms with Crippen LogP contribution >= 0.6 is 0 Å². The van der Waals surface area contributed by atoms with Crippen molar-refractivity contribution in [3.05, 3.63) is 0 Å². The van der Waals surface area contributed by atoms with Gasteiger partial charge in [0.05, 0.1) is 13.1 Å². The van der Waals surface area contributed by atoms with Crippen molar-refractivity contribution in [2.75, 3.05) is 32.8 Å². The van der Waals surface area contributed by atoms with E-state index in [0.29, 0.717) is 26.1 Å². The molecular formula is C18H28N6O5. The number of isocyanates is 3. The minimum absolute atomic E-state index is 0.211. The van der Waals surface area contributed by atoms with Gasteiger partial charge in [-0.25, -0.2) is 38.9 Å². The second-order valence-corrected chi connectivity index (χ2v) is 6.05. The van der Waals surface area contributed by atoms with Crippen LogP contribution in [-0.4, -0.2) is 68.0 Å². The summed E-state index contributed by atoms with van der Waals surface area (Å²) in [7, 11) is 0. The standard InChI is InChI=1S/C18H28N6O5/c25-14-19-9-5-1-2-7-11-22-17(28)24(18(29)23-13-21-16-27)12-8-4-3-6-10-20-15-26/h1-13H2,(H,22,28)(H,23,29). The molecule has 11 nitrogen and oxygen atoms in total. The molecule has 11 heteroatoms. The molecule has 0 radical (unpaired) electrons. The third-order valence-corrected chi connectivity index (χ3v) is 3.87. The number of imide groups is 1. The molecule has 0 aromatic rings. The molecule has 0 saturated heterocycles. The summed E-state index contributed by atoms with van der Waals surface area (Å²) in [5, 5.41) is 5.06. The zero-order valence-electron chi connectivity index (χ0n) is 16.5. The summed E-state index contributed by atoms with van der Waals surface area (Å²) >= 11 is 0. The summed E-state index contributed by atoms with van der Waals surface area (Å²) in [4.78, 5) is 65.8. The van der Waals surface area contributed by atoms with Gasteiger partial charge in [0.15, 0.2) is 0 Å². The summed E-state index contributed by atoms with van der Waals surface area (Å²) in [6.07, 6.45) is 10.4. The lowest BCUT2D eigenvalue weighted by Gasteiger charge is -2.21. The van der Waals surface area contributed by atoms with E-state index < -0.39 is 12.1 Å². The largest absolute Gasteiger partial charge is 0.338 e. The Labute approximate surface area is 169 Å². The van der Waals surface area contributed by atoms with Gasteiger partial charge in [-0.1, -0.05) is 25.7 Å². The maximum atomic E-state index is 12.3. The van der Waals surface area contributed by atoms with Crippen molar-refractivity contribution in [3.63, 3.8) is 0 Å². The first-order chi connectivity index (χ1) is 14.2. The Hall–Kier alpha value is -3.12. The molecule has 0 aliphatic heterocycles. The molecule has 0 spiro atoms. The maximum Gasteiger partial charge on any atom is 0.327 e. The lowest BCUT2D eigenvalue weighted by Crippen LogP contribution is -2.49. The van der Waals surface area contributed by atoms with E-state index in [1.165, 1.54) is 18.2 Å². The molecule has 4 amide bonds. The Morgan fingerprint density at radius 1 is 0.655 bits per heavy atom. The lowest BCUT2D eigenvalue weighted by molar-refractivity contribution is 0.185. The molecule has 0 unspecified atom stereocenters. The van der Waals surface area contributed by atoms with Crippen molar-refractivity contribution in [2.24, 2.45) is 15.0 Å². The van der Waals surface area contributed by atoms with Crippen LogP contribution in [0.25, 0.3) is 0 Å². The van der Waals surface area contributed by atoms with Gasteiger partial charge in [-0.15, -0.1) is 0 Å². The normalized spacial score (nSPS) is 9.38. The number of nitrogens with zero attached hydrogens (tertiary/aromatic N) is 4. The topological polar surface area (TPSA) is 150 Å². The number of urea groups is 2. The van der Waals surface area contributed by atoms with Crippen LogP contribution in [0.5, 0.6) is 0 Å². The third kappa shape index (κ3) is 15.6. The predicted molar refractivity (Wildman–Crippen MR) is 105 cm³/mol. The second-order valence-electron chi connectivity index (χ2n) is 6.05. The summed E-state index contributed by atoms with van der Waals surface area (Å²) in [5.41, 5.74) is 0. The van der Waals surface area contributed by atoms with E-state index in [2.05, 4.69) is 25.6 Å². The molecule has 0 atom stereocenters. The van der Waals surface area contributed by atoms with Gasteiger partial charge in [0.25, 0.3) is 0 Å². The number of carbonyl (C=O) groups is 2. The summed E-state index contributed by atoms with van der Waals surface area (Å²) in [6.45, 7) is 1.24. The van der Waals surface area contributed by atoms with Gasteiger partial charge in [0, 0.05) is 13.1 Å². The number of unbranched alkanes of at least 4 members (excludes halogenated alkanes) is 6. The SMILES string of the molecule is O=C=NCCCCCCNC(=O)N(CCCCCCN=C=O)C(=O)NCN=C=O. The zero-order valence-corrected chi connectivity index (χ0v) is 16.5. The predicted octanol–water partition coefficient (Wildman–Crippen LogP) is 1.79. The highest BCUT2D eigenvalue weighted by molar-refractivity contribution is 5.93. The smallest absolute Gasteiger partial charge is 0.327 e. The number of hydrogen-bond acceptors (Lipinski definition) is 8. The number of rotatable bonds is 16. The van der Waals surface area contributed by atoms with Crippen LogP contribution in [0.1, 0.15) is 51.4 Å². The first-order valence-corrected chi connectivity index (χ1v) is 9.61. The van der Waals surface area contributed by atoms with Crippen molar-refractivity contribution in [2.45, 2.75) is 51.4 Å². The highest BCUT2D eigenvalue weighted by atomic mass is 16.2. The van der Waals surface area contributed by atoms with Gasteiger partial charge in [-0.2, -0.15) is 4.99 Å². The van der Waals surface area contributed by atoms with Crippen LogP contribution in [0, 0.1) is 0 Å². The van der Waals surface area contributed by atoms with Crippen LogP contribution in [-0.2, 0) is 14.4 Å². The van der Waals surface area contributed by atoms with Crippen molar-refractivity contribution < 1.29 is 24.0 Å². The fraction of sp³-hybridized carbons (Fsp3) is 0.722. The zero-order chi connectivity index (χ0) is 21.6.